The lowest BCUT2D eigenvalue weighted by Gasteiger charge is -2.10. The zero-order chi connectivity index (χ0) is 17.4. The van der Waals surface area contributed by atoms with E-state index in [1.165, 1.54) is 11.1 Å². The Hall–Kier alpha value is -2.60. The molecule has 0 radical (unpaired) electrons. The third kappa shape index (κ3) is 5.55. The zero-order valence-electron chi connectivity index (χ0n) is 14.4. The number of hydrogen-bond donors (Lipinski definition) is 2. The molecule has 1 aromatic heterocycles. The highest BCUT2D eigenvalue weighted by molar-refractivity contribution is 5.92. The molecule has 0 spiro atoms. The Morgan fingerprint density at radius 3 is 2.67 bits per heavy atom. The van der Waals surface area contributed by atoms with Crippen LogP contribution >= 0.6 is 0 Å². The summed E-state index contributed by atoms with van der Waals surface area (Å²) in [5, 5.41) is 3.11. The third-order valence-electron chi connectivity index (χ3n) is 3.29. The second-order valence-electron chi connectivity index (χ2n) is 5.51. The number of aromatic nitrogens is 1. The normalized spacial score (nSPS) is 11.4. The molecular formula is C18H24N4O2. The number of methoxy groups -OCH3 is 1. The summed E-state index contributed by atoms with van der Waals surface area (Å²) in [6.07, 6.45) is 1.69. The van der Waals surface area contributed by atoms with Crippen molar-refractivity contribution in [3.8, 4) is 5.88 Å². The lowest BCUT2D eigenvalue weighted by molar-refractivity contribution is 0.143. The van der Waals surface area contributed by atoms with Crippen molar-refractivity contribution in [2.75, 3.05) is 25.6 Å². The van der Waals surface area contributed by atoms with Crippen molar-refractivity contribution in [3.05, 3.63) is 53.2 Å². The van der Waals surface area contributed by atoms with Crippen molar-refractivity contribution in [2.24, 2.45) is 10.7 Å². The van der Waals surface area contributed by atoms with E-state index >= 15 is 0 Å². The largest absolute Gasteiger partial charge is 0.475 e. The van der Waals surface area contributed by atoms with Gasteiger partial charge in [-0.2, -0.15) is 0 Å². The number of guanidine groups is 1. The van der Waals surface area contributed by atoms with Crippen molar-refractivity contribution in [3.63, 3.8) is 0 Å². The number of nitrogens with two attached hydrogens (primary N) is 1. The Morgan fingerprint density at radius 1 is 1.21 bits per heavy atom. The average molecular weight is 328 g/mol. The van der Waals surface area contributed by atoms with E-state index in [4.69, 9.17) is 15.2 Å². The average Bonchev–Trinajstić information content (AvgIpc) is 2.53. The molecule has 1 aromatic carbocycles. The molecule has 6 heteroatoms. The van der Waals surface area contributed by atoms with Crippen molar-refractivity contribution in [1.82, 2.24) is 4.98 Å². The Kier molecular flexibility index (Phi) is 6.57. The first-order chi connectivity index (χ1) is 11.6. The Labute approximate surface area is 142 Å². The minimum absolute atomic E-state index is 0.353. The minimum atomic E-state index is 0.353. The van der Waals surface area contributed by atoms with E-state index < -0.39 is 0 Å². The monoisotopic (exact) mass is 328 g/mol. The predicted molar refractivity (Wildman–Crippen MR) is 96.5 cm³/mol. The van der Waals surface area contributed by atoms with Crippen LogP contribution in [0.1, 0.15) is 16.7 Å². The van der Waals surface area contributed by atoms with E-state index in [-0.39, 0.29) is 0 Å². The van der Waals surface area contributed by atoms with Crippen LogP contribution in [0, 0.1) is 13.8 Å². The van der Waals surface area contributed by atoms with E-state index in [0.717, 1.165) is 11.3 Å². The van der Waals surface area contributed by atoms with Crippen molar-refractivity contribution >= 4 is 11.6 Å². The molecule has 128 valence electrons. The maximum Gasteiger partial charge on any atom is 0.218 e. The van der Waals surface area contributed by atoms with Gasteiger partial charge in [-0.1, -0.05) is 12.1 Å². The lowest BCUT2D eigenvalue weighted by Crippen LogP contribution is -2.22. The Bertz CT molecular complexity index is 681. The van der Waals surface area contributed by atoms with E-state index in [1.807, 2.05) is 38.1 Å². The summed E-state index contributed by atoms with van der Waals surface area (Å²) in [5.41, 5.74) is 10.1. The quantitative estimate of drug-likeness (QED) is 0.464. The fourth-order valence-corrected chi connectivity index (χ4v) is 2.30. The van der Waals surface area contributed by atoms with Crippen LogP contribution in [0.25, 0.3) is 0 Å². The molecule has 2 rings (SSSR count). The van der Waals surface area contributed by atoms with Crippen LogP contribution in [0.4, 0.5) is 5.69 Å². The fourth-order valence-electron chi connectivity index (χ4n) is 2.30. The molecule has 0 aliphatic rings. The van der Waals surface area contributed by atoms with Gasteiger partial charge in [0.25, 0.3) is 0 Å². The van der Waals surface area contributed by atoms with Crippen LogP contribution in [0.15, 0.2) is 41.5 Å². The fraction of sp³-hybridized carbons (Fsp3) is 0.333. The maximum absolute atomic E-state index is 5.98. The molecule has 3 N–H and O–H groups in total. The molecule has 0 aliphatic heterocycles. The first kappa shape index (κ1) is 17.7. The molecule has 0 amide bonds. The summed E-state index contributed by atoms with van der Waals surface area (Å²) < 4.78 is 10.6. The lowest BCUT2D eigenvalue weighted by atomic mass is 10.1. The molecular weight excluding hydrogens is 304 g/mol. The predicted octanol–water partition coefficient (Wildman–Crippen LogP) is 2.65. The third-order valence-corrected chi connectivity index (χ3v) is 3.29. The van der Waals surface area contributed by atoms with E-state index in [0.29, 0.717) is 31.6 Å². The van der Waals surface area contributed by atoms with Crippen LogP contribution in [0.3, 0.4) is 0 Å². The summed E-state index contributed by atoms with van der Waals surface area (Å²) in [7, 11) is 1.63. The number of aliphatic imine (C=N–C) groups is 1. The Morgan fingerprint density at radius 2 is 1.96 bits per heavy atom. The van der Waals surface area contributed by atoms with Gasteiger partial charge < -0.3 is 20.5 Å². The van der Waals surface area contributed by atoms with Gasteiger partial charge in [-0.05, 0) is 43.2 Å². The van der Waals surface area contributed by atoms with Crippen molar-refractivity contribution in [2.45, 2.75) is 20.4 Å². The van der Waals surface area contributed by atoms with Gasteiger partial charge in [0.2, 0.25) is 5.88 Å². The number of ether oxygens (including phenoxy) is 2. The second-order valence-corrected chi connectivity index (χ2v) is 5.51. The molecule has 2 aromatic rings. The topological polar surface area (TPSA) is 81.8 Å². The van der Waals surface area contributed by atoms with Crippen LogP contribution < -0.4 is 15.8 Å². The van der Waals surface area contributed by atoms with Crippen LogP contribution in [-0.4, -0.2) is 31.3 Å². The van der Waals surface area contributed by atoms with Gasteiger partial charge in [-0.15, -0.1) is 0 Å². The molecule has 0 saturated heterocycles. The number of anilines is 1. The summed E-state index contributed by atoms with van der Waals surface area (Å²) in [4.78, 5) is 8.60. The molecule has 6 nitrogen and oxygen atoms in total. The van der Waals surface area contributed by atoms with Crippen molar-refractivity contribution in [1.29, 1.82) is 0 Å². The van der Waals surface area contributed by atoms with Gasteiger partial charge in [-0.3, -0.25) is 0 Å². The summed E-state index contributed by atoms with van der Waals surface area (Å²) in [6.45, 7) is 5.44. The van der Waals surface area contributed by atoms with Crippen LogP contribution in [-0.2, 0) is 11.3 Å². The highest BCUT2D eigenvalue weighted by Gasteiger charge is 2.05. The van der Waals surface area contributed by atoms with Crippen LogP contribution in [0.5, 0.6) is 5.88 Å². The number of benzene rings is 1. The molecule has 0 saturated carbocycles. The summed E-state index contributed by atoms with van der Waals surface area (Å²) in [6, 6.07) is 9.93. The van der Waals surface area contributed by atoms with Gasteiger partial charge >= 0.3 is 0 Å². The standard InChI is InChI=1S/C18H24N4O2/c1-13-9-14(2)11-16(10-13)22-18(19)21-12-15-5-4-6-20-17(15)24-8-7-23-3/h4-6,9-11H,7-8,12H2,1-3H3,(H3,19,21,22). The molecule has 0 atom stereocenters. The highest BCUT2D eigenvalue weighted by atomic mass is 16.5. The number of nitrogens with zero attached hydrogens (tertiary/aromatic N) is 2. The summed E-state index contributed by atoms with van der Waals surface area (Å²) in [5.74, 6) is 0.907. The van der Waals surface area contributed by atoms with E-state index in [9.17, 15) is 0 Å². The zero-order valence-corrected chi connectivity index (χ0v) is 14.4. The number of aryl methyl sites for hydroxylation is 2. The Balaban J connectivity index is 2.01. The second kappa shape index (κ2) is 8.88. The van der Waals surface area contributed by atoms with Gasteiger partial charge in [0, 0.05) is 24.6 Å². The number of nitrogens with one attached hydrogen (secondary N) is 1. The van der Waals surface area contributed by atoms with Gasteiger partial charge in [0.15, 0.2) is 5.96 Å². The molecule has 0 aliphatic carbocycles. The van der Waals surface area contributed by atoms with E-state index in [1.54, 1.807) is 13.3 Å². The first-order valence-electron chi connectivity index (χ1n) is 7.79. The smallest absolute Gasteiger partial charge is 0.218 e. The maximum atomic E-state index is 5.98. The van der Waals surface area contributed by atoms with Crippen molar-refractivity contribution < 1.29 is 9.47 Å². The van der Waals surface area contributed by atoms with Gasteiger partial charge in [0.05, 0.1) is 13.2 Å². The SMILES string of the molecule is COCCOc1ncccc1CN=C(N)Nc1cc(C)cc(C)c1. The number of pyridine rings is 1. The summed E-state index contributed by atoms with van der Waals surface area (Å²) >= 11 is 0. The highest BCUT2D eigenvalue weighted by Crippen LogP contribution is 2.16. The van der Waals surface area contributed by atoms with E-state index in [2.05, 4.69) is 21.4 Å². The number of rotatable bonds is 7. The molecule has 0 fully saturated rings. The van der Waals surface area contributed by atoms with Crippen LogP contribution in [0.2, 0.25) is 0 Å². The van der Waals surface area contributed by atoms with Gasteiger partial charge in [0.1, 0.15) is 6.61 Å². The molecule has 0 unspecified atom stereocenters. The minimum Gasteiger partial charge on any atom is -0.475 e. The number of hydrogen-bond acceptors (Lipinski definition) is 4. The molecule has 24 heavy (non-hydrogen) atoms. The first-order valence-corrected chi connectivity index (χ1v) is 7.79. The molecule has 1 heterocycles. The van der Waals surface area contributed by atoms with Gasteiger partial charge in [-0.25, -0.2) is 9.98 Å². The molecule has 0 bridgehead atoms.